The quantitative estimate of drug-likeness (QED) is 0.573. The van der Waals surface area contributed by atoms with Gasteiger partial charge in [-0.05, 0) is 36.2 Å². The van der Waals surface area contributed by atoms with E-state index in [1.807, 2.05) is 18.2 Å². The van der Waals surface area contributed by atoms with Crippen LogP contribution in [0.3, 0.4) is 0 Å². The summed E-state index contributed by atoms with van der Waals surface area (Å²) in [5.74, 6) is 1.10. The molecule has 0 saturated heterocycles. The molecule has 0 fully saturated rings. The molecule has 0 radical (unpaired) electrons. The van der Waals surface area contributed by atoms with Crippen LogP contribution in [0.4, 0.5) is 5.88 Å². The number of aromatic amines is 1. The Morgan fingerprint density at radius 2 is 2.22 bits per heavy atom. The van der Waals surface area contributed by atoms with Crippen LogP contribution in [-0.4, -0.2) is 23.6 Å². The van der Waals surface area contributed by atoms with E-state index in [4.69, 9.17) is 9.15 Å². The van der Waals surface area contributed by atoms with Crippen molar-refractivity contribution in [3.63, 3.8) is 0 Å². The van der Waals surface area contributed by atoms with Crippen LogP contribution in [0, 0.1) is 10.1 Å². The minimum absolute atomic E-state index is 0.217. The van der Waals surface area contributed by atoms with E-state index < -0.39 is 4.92 Å². The lowest BCUT2D eigenvalue weighted by atomic mass is 9.98. The first-order chi connectivity index (χ1) is 11.2. The molecule has 4 rings (SSSR count). The number of nitrogens with one attached hydrogen (secondary N) is 2. The Bertz CT molecular complexity index is 896. The molecule has 7 nitrogen and oxygen atoms in total. The molecule has 3 aromatic rings. The van der Waals surface area contributed by atoms with Crippen molar-refractivity contribution in [2.75, 3.05) is 13.7 Å². The molecule has 0 amide bonds. The molecule has 0 unspecified atom stereocenters. The highest BCUT2D eigenvalue weighted by Gasteiger charge is 2.29. The Morgan fingerprint density at radius 3 is 2.96 bits per heavy atom. The molecule has 3 heterocycles. The molecule has 2 N–H and O–H groups in total. The van der Waals surface area contributed by atoms with Crippen molar-refractivity contribution in [2.45, 2.75) is 12.5 Å². The number of fused-ring (bicyclic) bond motifs is 3. The van der Waals surface area contributed by atoms with Gasteiger partial charge in [-0.25, -0.2) is 0 Å². The monoisotopic (exact) mass is 313 g/mol. The zero-order valence-electron chi connectivity index (χ0n) is 12.5. The van der Waals surface area contributed by atoms with Crippen molar-refractivity contribution in [2.24, 2.45) is 0 Å². The zero-order chi connectivity index (χ0) is 16.0. The lowest BCUT2D eigenvalue weighted by Gasteiger charge is -2.22. The molecule has 0 aliphatic carbocycles. The Hall–Kier alpha value is -2.80. The lowest BCUT2D eigenvalue weighted by molar-refractivity contribution is -0.402. The number of rotatable bonds is 3. The average Bonchev–Trinajstić information content (AvgIpc) is 3.18. The summed E-state index contributed by atoms with van der Waals surface area (Å²) in [6.45, 7) is 0.774. The van der Waals surface area contributed by atoms with Crippen LogP contribution in [0.2, 0.25) is 0 Å². The Labute approximate surface area is 131 Å². The Balaban J connectivity index is 1.82. The molecule has 1 aromatic carbocycles. The largest absolute Gasteiger partial charge is 0.497 e. The van der Waals surface area contributed by atoms with Crippen molar-refractivity contribution < 1.29 is 14.1 Å². The molecule has 0 bridgehead atoms. The third kappa shape index (κ3) is 2.17. The summed E-state index contributed by atoms with van der Waals surface area (Å²) in [5.41, 5.74) is 3.20. The van der Waals surface area contributed by atoms with Crippen LogP contribution in [-0.2, 0) is 6.42 Å². The molecule has 0 saturated carbocycles. The first-order valence-corrected chi connectivity index (χ1v) is 7.33. The fourth-order valence-corrected chi connectivity index (χ4v) is 3.17. The number of nitrogens with zero attached hydrogens (tertiary/aromatic N) is 1. The second-order valence-electron chi connectivity index (χ2n) is 5.50. The number of hydrogen-bond acceptors (Lipinski definition) is 5. The Morgan fingerprint density at radius 1 is 1.35 bits per heavy atom. The summed E-state index contributed by atoms with van der Waals surface area (Å²) in [6.07, 6.45) is 0.877. The van der Waals surface area contributed by atoms with E-state index in [9.17, 15) is 10.1 Å². The third-order valence-corrected chi connectivity index (χ3v) is 4.24. The van der Waals surface area contributed by atoms with E-state index in [1.165, 1.54) is 11.6 Å². The van der Waals surface area contributed by atoms with Crippen LogP contribution in [0.5, 0.6) is 5.75 Å². The number of nitro groups is 1. The van der Waals surface area contributed by atoms with Crippen molar-refractivity contribution in [3.8, 4) is 5.75 Å². The van der Waals surface area contributed by atoms with Gasteiger partial charge in [0.05, 0.1) is 13.2 Å². The molecule has 1 aliphatic rings. The smallest absolute Gasteiger partial charge is 0.433 e. The van der Waals surface area contributed by atoms with Crippen molar-refractivity contribution in [1.82, 2.24) is 10.3 Å². The number of methoxy groups -OCH3 is 1. The van der Waals surface area contributed by atoms with Gasteiger partial charge in [-0.3, -0.25) is 10.1 Å². The number of benzene rings is 1. The first kappa shape index (κ1) is 13.8. The number of aromatic nitrogens is 1. The van der Waals surface area contributed by atoms with Gasteiger partial charge < -0.3 is 19.5 Å². The molecular formula is C16H15N3O4. The van der Waals surface area contributed by atoms with Gasteiger partial charge in [-0.15, -0.1) is 0 Å². The Kier molecular flexibility index (Phi) is 3.09. The van der Waals surface area contributed by atoms with Crippen molar-refractivity contribution in [3.05, 3.63) is 57.5 Å². The first-order valence-electron chi connectivity index (χ1n) is 7.33. The van der Waals surface area contributed by atoms with Crippen LogP contribution in [0.1, 0.15) is 23.1 Å². The maximum Gasteiger partial charge on any atom is 0.433 e. The van der Waals surface area contributed by atoms with Gasteiger partial charge in [0.15, 0.2) is 0 Å². The molecule has 118 valence electrons. The predicted molar refractivity (Wildman–Crippen MR) is 83.8 cm³/mol. The van der Waals surface area contributed by atoms with Gasteiger partial charge in [0.25, 0.3) is 0 Å². The van der Waals surface area contributed by atoms with Crippen LogP contribution in [0.25, 0.3) is 10.9 Å². The zero-order valence-corrected chi connectivity index (χ0v) is 12.5. The standard InChI is InChI=1S/C16H15N3O4/c1-22-9-2-3-12-11(8-9)10-6-7-17-16(15(10)18-12)13-4-5-14(23-13)19(20)21/h2-5,8,16-18H,6-7H2,1H3/t16-/m1/s1. The summed E-state index contributed by atoms with van der Waals surface area (Å²) in [7, 11) is 1.65. The number of furan rings is 1. The minimum Gasteiger partial charge on any atom is -0.497 e. The van der Waals surface area contributed by atoms with Gasteiger partial charge in [0.2, 0.25) is 0 Å². The highest BCUT2D eigenvalue weighted by atomic mass is 16.6. The summed E-state index contributed by atoms with van der Waals surface area (Å²) in [5, 5.41) is 15.3. The third-order valence-electron chi connectivity index (χ3n) is 4.24. The highest BCUT2D eigenvalue weighted by molar-refractivity contribution is 5.86. The fraction of sp³-hybridized carbons (Fsp3) is 0.250. The topological polar surface area (TPSA) is 93.3 Å². The van der Waals surface area contributed by atoms with Gasteiger partial charge in [-0.1, -0.05) is 0 Å². The van der Waals surface area contributed by atoms with Gasteiger partial charge in [0.1, 0.15) is 22.5 Å². The second kappa shape index (κ2) is 5.13. The van der Waals surface area contributed by atoms with Crippen LogP contribution >= 0.6 is 0 Å². The maximum absolute atomic E-state index is 10.8. The maximum atomic E-state index is 10.8. The van der Waals surface area contributed by atoms with Crippen LogP contribution in [0.15, 0.2) is 34.7 Å². The number of ether oxygens (including phenoxy) is 1. The van der Waals surface area contributed by atoms with Crippen LogP contribution < -0.4 is 10.1 Å². The molecule has 7 heteroatoms. The molecule has 1 atom stereocenters. The molecular weight excluding hydrogens is 298 g/mol. The minimum atomic E-state index is -0.524. The average molecular weight is 313 g/mol. The van der Waals surface area contributed by atoms with E-state index in [-0.39, 0.29) is 11.9 Å². The molecule has 23 heavy (non-hydrogen) atoms. The summed E-state index contributed by atoms with van der Waals surface area (Å²) >= 11 is 0. The second-order valence-corrected chi connectivity index (χ2v) is 5.50. The van der Waals surface area contributed by atoms with Gasteiger partial charge in [0, 0.05) is 23.1 Å². The van der Waals surface area contributed by atoms with E-state index in [1.54, 1.807) is 13.2 Å². The fourth-order valence-electron chi connectivity index (χ4n) is 3.17. The lowest BCUT2D eigenvalue weighted by Crippen LogP contribution is -2.30. The van der Waals surface area contributed by atoms with E-state index >= 15 is 0 Å². The molecule has 1 aliphatic heterocycles. The number of H-pyrrole nitrogens is 1. The van der Waals surface area contributed by atoms with E-state index in [2.05, 4.69) is 10.3 Å². The van der Waals surface area contributed by atoms with Crippen molar-refractivity contribution in [1.29, 1.82) is 0 Å². The summed E-state index contributed by atoms with van der Waals surface area (Å²) in [6, 6.07) is 8.72. The molecule has 0 spiro atoms. The van der Waals surface area contributed by atoms with E-state index in [0.29, 0.717) is 5.76 Å². The highest BCUT2D eigenvalue weighted by Crippen LogP contribution is 2.36. The normalized spacial score (nSPS) is 17.2. The van der Waals surface area contributed by atoms with Gasteiger partial charge >= 0.3 is 5.88 Å². The van der Waals surface area contributed by atoms with Gasteiger partial charge in [-0.2, -0.15) is 0 Å². The van der Waals surface area contributed by atoms with Crippen molar-refractivity contribution >= 4 is 16.8 Å². The number of hydrogen-bond donors (Lipinski definition) is 2. The summed E-state index contributed by atoms with van der Waals surface area (Å²) < 4.78 is 10.7. The predicted octanol–water partition coefficient (Wildman–Crippen LogP) is 2.91. The SMILES string of the molecule is COc1ccc2[nH]c3c(c2c1)CCN[C@@H]3c1ccc([N+](=O)[O-])o1. The molecule has 2 aromatic heterocycles. The van der Waals surface area contributed by atoms with E-state index in [0.717, 1.165) is 35.3 Å². The summed E-state index contributed by atoms with van der Waals surface area (Å²) in [4.78, 5) is 13.7.